The average molecular weight is 325 g/mol. The van der Waals surface area contributed by atoms with E-state index in [1.165, 1.54) is 0 Å². The highest BCUT2D eigenvalue weighted by Crippen LogP contribution is 2.48. The van der Waals surface area contributed by atoms with Gasteiger partial charge in [0.05, 0.1) is 5.60 Å². The molecule has 2 aliphatic heterocycles. The minimum Gasteiger partial charge on any atom is -0.403 e. The molecule has 0 amide bonds. The molecule has 4 heteroatoms. The van der Waals surface area contributed by atoms with Crippen LogP contribution in [0.2, 0.25) is 16.6 Å². The Morgan fingerprint density at radius 1 is 1.09 bits per heavy atom. The minimum atomic E-state index is -2.10. The Labute approximate surface area is 136 Å². The summed E-state index contributed by atoms with van der Waals surface area (Å²) in [7, 11) is -2.10. The summed E-state index contributed by atoms with van der Waals surface area (Å²) >= 11 is 0. The normalized spacial score (nSPS) is 35.2. The summed E-state index contributed by atoms with van der Waals surface area (Å²) in [6.07, 6.45) is 4.04. The first-order chi connectivity index (χ1) is 9.97. The van der Waals surface area contributed by atoms with E-state index in [0.29, 0.717) is 23.0 Å². The van der Waals surface area contributed by atoms with Gasteiger partial charge in [0.15, 0.2) is 5.78 Å². The minimum absolute atomic E-state index is 0.195. The lowest BCUT2D eigenvalue weighted by Gasteiger charge is -2.49. The van der Waals surface area contributed by atoms with Crippen molar-refractivity contribution in [2.75, 3.05) is 0 Å². The zero-order valence-corrected chi connectivity index (χ0v) is 16.4. The van der Waals surface area contributed by atoms with Crippen LogP contribution in [0.15, 0.2) is 12.2 Å². The van der Waals surface area contributed by atoms with Crippen LogP contribution in [0.1, 0.15) is 61.8 Å². The second-order valence-electron chi connectivity index (χ2n) is 8.39. The number of hydrogen-bond acceptors (Lipinski definition) is 3. The van der Waals surface area contributed by atoms with Crippen molar-refractivity contribution < 1.29 is 14.0 Å². The summed E-state index contributed by atoms with van der Waals surface area (Å²) in [5, 5.41) is 0. The molecule has 3 atom stereocenters. The molecule has 0 aromatic heterocycles. The predicted molar refractivity (Wildman–Crippen MR) is 92.6 cm³/mol. The van der Waals surface area contributed by atoms with Gasteiger partial charge < -0.3 is 9.16 Å². The molecule has 1 fully saturated rings. The monoisotopic (exact) mass is 324 g/mol. The van der Waals surface area contributed by atoms with E-state index in [1.54, 1.807) is 0 Å². The number of carbonyl (C=O) groups is 1. The van der Waals surface area contributed by atoms with Crippen molar-refractivity contribution in [2.24, 2.45) is 0 Å². The molecule has 2 aliphatic rings. The quantitative estimate of drug-likeness (QED) is 0.546. The van der Waals surface area contributed by atoms with Gasteiger partial charge in [-0.05, 0) is 30.5 Å². The third-order valence-corrected chi connectivity index (χ3v) is 11.6. The van der Waals surface area contributed by atoms with Crippen molar-refractivity contribution in [3.63, 3.8) is 0 Å². The van der Waals surface area contributed by atoms with E-state index in [1.807, 2.05) is 26.0 Å². The van der Waals surface area contributed by atoms with Crippen LogP contribution >= 0.6 is 0 Å². The van der Waals surface area contributed by atoms with Gasteiger partial charge in [0.2, 0.25) is 8.32 Å². The van der Waals surface area contributed by atoms with Crippen LogP contribution in [-0.2, 0) is 14.0 Å². The van der Waals surface area contributed by atoms with Crippen LogP contribution in [0.3, 0.4) is 0 Å². The van der Waals surface area contributed by atoms with Crippen molar-refractivity contribution >= 4 is 14.1 Å². The van der Waals surface area contributed by atoms with Crippen LogP contribution in [-0.4, -0.2) is 31.4 Å². The lowest BCUT2D eigenvalue weighted by Crippen LogP contribution is -2.61. The van der Waals surface area contributed by atoms with Crippen molar-refractivity contribution in [1.29, 1.82) is 0 Å². The molecule has 2 heterocycles. The maximum absolute atomic E-state index is 12.8. The van der Waals surface area contributed by atoms with Crippen LogP contribution in [0.5, 0.6) is 0 Å². The lowest BCUT2D eigenvalue weighted by atomic mass is 9.90. The van der Waals surface area contributed by atoms with E-state index in [0.717, 1.165) is 0 Å². The number of Topliss-reactive ketones (excluding diaryl/α,β-unsaturated/α-hetero) is 1. The van der Waals surface area contributed by atoms with Gasteiger partial charge in [0.1, 0.15) is 11.7 Å². The molecule has 3 nitrogen and oxygen atoms in total. The highest BCUT2D eigenvalue weighted by atomic mass is 28.4. The number of carbonyl (C=O) groups excluding carboxylic acids is 1. The van der Waals surface area contributed by atoms with Gasteiger partial charge in [-0.2, -0.15) is 0 Å². The number of fused-ring (bicyclic) bond motifs is 2. The molecule has 0 unspecified atom stereocenters. The van der Waals surface area contributed by atoms with E-state index >= 15 is 0 Å². The van der Waals surface area contributed by atoms with Crippen molar-refractivity contribution in [3.8, 4) is 0 Å². The Balaban J connectivity index is 2.38. The summed E-state index contributed by atoms with van der Waals surface area (Å²) in [6, 6.07) is 0. The van der Waals surface area contributed by atoms with Crippen LogP contribution in [0.4, 0.5) is 0 Å². The standard InChI is InChI=1S/C18H32O3Si/c1-12(2)22(13(3)4,14(5)6)20-16-15(19)11-17(7)9-10-18(16,8)21-17/h9-10,12-14,16H,11H2,1-8H3/t16-,17+,18-/m0/s1. The Hall–Kier alpha value is -0.453. The molecule has 0 saturated carbocycles. The molecule has 0 radical (unpaired) electrons. The van der Waals surface area contributed by atoms with Gasteiger partial charge in [0, 0.05) is 6.42 Å². The number of rotatable bonds is 5. The molecule has 1 saturated heterocycles. The van der Waals surface area contributed by atoms with E-state index in [-0.39, 0.29) is 5.78 Å². The molecule has 0 aliphatic carbocycles. The summed E-state index contributed by atoms with van der Waals surface area (Å²) in [6.45, 7) is 17.5. The van der Waals surface area contributed by atoms with Crippen molar-refractivity contribution in [3.05, 3.63) is 12.2 Å². The Kier molecular flexibility index (Phi) is 4.53. The van der Waals surface area contributed by atoms with E-state index in [9.17, 15) is 4.79 Å². The first-order valence-corrected chi connectivity index (χ1v) is 10.7. The molecule has 0 N–H and O–H groups in total. The zero-order valence-electron chi connectivity index (χ0n) is 15.4. The maximum Gasteiger partial charge on any atom is 0.201 e. The van der Waals surface area contributed by atoms with Gasteiger partial charge in [-0.15, -0.1) is 0 Å². The largest absolute Gasteiger partial charge is 0.403 e. The second-order valence-corrected chi connectivity index (χ2v) is 13.8. The lowest BCUT2D eigenvalue weighted by molar-refractivity contribution is -0.175. The summed E-state index contributed by atoms with van der Waals surface area (Å²) in [5.74, 6) is 0.195. The molecule has 0 aromatic rings. The molecule has 22 heavy (non-hydrogen) atoms. The fourth-order valence-corrected chi connectivity index (χ4v) is 10.3. The van der Waals surface area contributed by atoms with Crippen LogP contribution < -0.4 is 0 Å². The number of ether oxygens (including phenoxy) is 1. The average Bonchev–Trinajstić information content (AvgIpc) is 2.60. The third kappa shape index (κ3) is 2.63. The van der Waals surface area contributed by atoms with E-state index in [4.69, 9.17) is 9.16 Å². The zero-order chi connectivity index (χ0) is 16.9. The van der Waals surface area contributed by atoms with Gasteiger partial charge in [-0.25, -0.2) is 0 Å². The molecular weight excluding hydrogens is 292 g/mol. The van der Waals surface area contributed by atoms with E-state index in [2.05, 4.69) is 41.5 Å². The molecule has 126 valence electrons. The Morgan fingerprint density at radius 3 is 2.05 bits per heavy atom. The van der Waals surface area contributed by atoms with Gasteiger partial charge in [-0.3, -0.25) is 4.79 Å². The first-order valence-electron chi connectivity index (χ1n) is 8.58. The fourth-order valence-electron chi connectivity index (χ4n) is 4.70. The van der Waals surface area contributed by atoms with Crippen LogP contribution in [0.25, 0.3) is 0 Å². The molecule has 0 spiro atoms. The van der Waals surface area contributed by atoms with Gasteiger partial charge in [-0.1, -0.05) is 53.7 Å². The first kappa shape index (κ1) is 17.9. The van der Waals surface area contributed by atoms with E-state index < -0.39 is 25.6 Å². The van der Waals surface area contributed by atoms with Gasteiger partial charge in [0.25, 0.3) is 0 Å². The van der Waals surface area contributed by atoms with Crippen molar-refractivity contribution in [1.82, 2.24) is 0 Å². The predicted octanol–water partition coefficient (Wildman–Crippen LogP) is 4.62. The Bertz CT molecular complexity index is 461. The highest BCUT2D eigenvalue weighted by molar-refractivity contribution is 6.77. The highest BCUT2D eigenvalue weighted by Gasteiger charge is 2.57. The molecule has 0 aromatic carbocycles. The maximum atomic E-state index is 12.8. The smallest absolute Gasteiger partial charge is 0.201 e. The number of hydrogen-bond donors (Lipinski definition) is 0. The van der Waals surface area contributed by atoms with Crippen molar-refractivity contribution in [2.45, 2.75) is 95.7 Å². The SMILES string of the molecule is CC(C)[Si](O[C@H]1C(=O)C[C@@]2(C)C=C[C@]1(C)O2)(C(C)C)C(C)C. The Morgan fingerprint density at radius 2 is 1.59 bits per heavy atom. The molecule has 2 bridgehead atoms. The topological polar surface area (TPSA) is 35.5 Å². The summed E-state index contributed by atoms with van der Waals surface area (Å²) in [5.41, 5.74) is 0.331. The number of ketones is 1. The summed E-state index contributed by atoms with van der Waals surface area (Å²) in [4.78, 5) is 12.8. The molecular formula is C18H32O3Si. The molecule has 2 rings (SSSR count). The fraction of sp³-hybridized carbons (Fsp3) is 0.833. The third-order valence-electron chi connectivity index (χ3n) is 5.59. The van der Waals surface area contributed by atoms with Gasteiger partial charge >= 0.3 is 0 Å². The second kappa shape index (κ2) is 5.57. The summed E-state index contributed by atoms with van der Waals surface area (Å²) < 4.78 is 13.0. The van der Waals surface area contributed by atoms with Crippen LogP contribution in [0, 0.1) is 0 Å².